The molecule has 40 heavy (non-hydrogen) atoms. The fourth-order valence-electron chi connectivity index (χ4n) is 5.03. The number of nitrogens with one attached hydrogen (secondary N) is 1. The maximum Gasteiger partial charge on any atom is 0.421 e. The monoisotopic (exact) mass is 562 g/mol. The fourth-order valence-corrected chi connectivity index (χ4v) is 5.23. The van der Waals surface area contributed by atoms with Crippen LogP contribution in [0.2, 0.25) is 5.02 Å². The lowest BCUT2D eigenvalue weighted by molar-refractivity contribution is -0.124. The van der Waals surface area contributed by atoms with Gasteiger partial charge in [0, 0.05) is 5.02 Å². The number of anilines is 1. The number of rotatable bonds is 5. The molecule has 0 aliphatic carbocycles. The summed E-state index contributed by atoms with van der Waals surface area (Å²) in [6.07, 6.45) is -1.32. The standard InChI is InChI=1S/C32H35ClN2O5/c1-30(2,3)39-28(37)34-26(22-15-12-16-23(33)19-22)32(20-21-13-8-7-9-14-21)24-17-10-11-18-25(24)35(27(32)36)29(38)40-31(4,5)6/h7-19,26H,20H2,1-6H3,(H,34,37)/t26-,32+/m1/s1. The molecule has 8 heteroatoms. The van der Waals surface area contributed by atoms with E-state index < -0.39 is 40.8 Å². The van der Waals surface area contributed by atoms with E-state index in [9.17, 15) is 14.4 Å². The van der Waals surface area contributed by atoms with Crippen molar-refractivity contribution in [3.05, 3.63) is 101 Å². The van der Waals surface area contributed by atoms with Crippen molar-refractivity contribution in [1.82, 2.24) is 5.32 Å². The summed E-state index contributed by atoms with van der Waals surface area (Å²) in [5.74, 6) is -0.521. The van der Waals surface area contributed by atoms with Gasteiger partial charge < -0.3 is 14.8 Å². The third kappa shape index (κ3) is 6.15. The minimum absolute atomic E-state index is 0.177. The molecule has 3 aromatic rings. The van der Waals surface area contributed by atoms with E-state index in [4.69, 9.17) is 21.1 Å². The Morgan fingerprint density at radius 3 is 2.12 bits per heavy atom. The lowest BCUT2D eigenvalue weighted by atomic mass is 9.68. The van der Waals surface area contributed by atoms with E-state index in [-0.39, 0.29) is 6.42 Å². The molecule has 0 fully saturated rings. The highest BCUT2D eigenvalue weighted by Gasteiger charge is 2.59. The lowest BCUT2D eigenvalue weighted by Gasteiger charge is -2.38. The van der Waals surface area contributed by atoms with Crippen LogP contribution in [0.4, 0.5) is 15.3 Å². The number of nitrogens with zero attached hydrogens (tertiary/aromatic N) is 1. The van der Waals surface area contributed by atoms with Gasteiger partial charge in [0.05, 0.1) is 11.7 Å². The SMILES string of the molecule is CC(C)(C)OC(=O)N[C@H](c1cccc(Cl)c1)[C@@]1(Cc2ccccc2)C(=O)N(C(=O)OC(C)(C)C)c2ccccc21. The Bertz CT molecular complexity index is 1410. The zero-order valence-corrected chi connectivity index (χ0v) is 24.4. The van der Waals surface area contributed by atoms with Gasteiger partial charge in [-0.3, -0.25) is 4.79 Å². The highest BCUT2D eigenvalue weighted by atomic mass is 35.5. The molecule has 0 radical (unpaired) electrons. The lowest BCUT2D eigenvalue weighted by Crippen LogP contribution is -2.54. The summed E-state index contributed by atoms with van der Waals surface area (Å²) in [5, 5.41) is 3.42. The van der Waals surface area contributed by atoms with Crippen LogP contribution in [0.25, 0.3) is 0 Å². The van der Waals surface area contributed by atoms with Crippen LogP contribution < -0.4 is 10.2 Å². The number of carbonyl (C=O) groups excluding carboxylic acids is 3. The van der Waals surface area contributed by atoms with Crippen molar-refractivity contribution in [1.29, 1.82) is 0 Å². The first-order valence-corrected chi connectivity index (χ1v) is 13.5. The van der Waals surface area contributed by atoms with Gasteiger partial charge in [-0.05, 0) is 82.9 Å². The summed E-state index contributed by atoms with van der Waals surface area (Å²) in [5.41, 5.74) is -0.658. The van der Waals surface area contributed by atoms with Gasteiger partial charge in [-0.25, -0.2) is 14.5 Å². The van der Waals surface area contributed by atoms with E-state index in [1.165, 1.54) is 0 Å². The van der Waals surface area contributed by atoms with E-state index in [1.54, 1.807) is 77.9 Å². The third-order valence-electron chi connectivity index (χ3n) is 6.45. The van der Waals surface area contributed by atoms with E-state index in [0.717, 1.165) is 10.5 Å². The van der Waals surface area contributed by atoms with Crippen LogP contribution in [0.5, 0.6) is 0 Å². The van der Waals surface area contributed by atoms with Gasteiger partial charge in [-0.15, -0.1) is 0 Å². The first kappa shape index (κ1) is 29.2. The fraction of sp³-hybridized carbons (Fsp3) is 0.344. The maximum absolute atomic E-state index is 14.8. The number of carbonyl (C=O) groups is 3. The first-order chi connectivity index (χ1) is 18.7. The number of alkyl carbamates (subject to hydrolysis) is 1. The largest absolute Gasteiger partial charge is 0.444 e. The molecule has 0 aromatic heterocycles. The molecule has 0 unspecified atom stereocenters. The summed E-state index contributed by atoms with van der Waals surface area (Å²) >= 11 is 6.42. The summed E-state index contributed by atoms with van der Waals surface area (Å²) in [4.78, 5) is 42.7. The van der Waals surface area contributed by atoms with Crippen molar-refractivity contribution in [3.63, 3.8) is 0 Å². The molecule has 3 amide bonds. The Hall–Kier alpha value is -3.84. The van der Waals surface area contributed by atoms with Gasteiger partial charge in [-0.1, -0.05) is 72.3 Å². The Labute approximate surface area is 240 Å². The van der Waals surface area contributed by atoms with Crippen molar-refractivity contribution < 1.29 is 23.9 Å². The number of hydrogen-bond acceptors (Lipinski definition) is 5. The average molecular weight is 563 g/mol. The zero-order chi connectivity index (χ0) is 29.3. The van der Waals surface area contributed by atoms with Gasteiger partial charge in [0.25, 0.3) is 0 Å². The van der Waals surface area contributed by atoms with Crippen molar-refractivity contribution in [2.24, 2.45) is 0 Å². The van der Waals surface area contributed by atoms with E-state index in [1.807, 2.05) is 42.5 Å². The number of para-hydroxylation sites is 1. The number of benzene rings is 3. The molecule has 0 saturated heterocycles. The second-order valence-corrected chi connectivity index (χ2v) is 12.3. The molecule has 1 aliphatic heterocycles. The predicted molar refractivity (Wildman–Crippen MR) is 156 cm³/mol. The highest BCUT2D eigenvalue weighted by molar-refractivity contribution is 6.30. The minimum Gasteiger partial charge on any atom is -0.444 e. The Morgan fingerprint density at radius 1 is 0.875 bits per heavy atom. The summed E-state index contributed by atoms with van der Waals surface area (Å²) in [7, 11) is 0. The first-order valence-electron chi connectivity index (χ1n) is 13.2. The molecule has 4 rings (SSSR count). The van der Waals surface area contributed by atoms with Crippen LogP contribution in [0.3, 0.4) is 0 Å². The summed E-state index contributed by atoms with van der Waals surface area (Å²) in [6.45, 7) is 10.5. The number of halogens is 1. The van der Waals surface area contributed by atoms with E-state index >= 15 is 0 Å². The van der Waals surface area contributed by atoms with Crippen LogP contribution in [0.15, 0.2) is 78.9 Å². The number of imide groups is 1. The van der Waals surface area contributed by atoms with E-state index in [0.29, 0.717) is 21.8 Å². The topological polar surface area (TPSA) is 84.9 Å². The minimum atomic E-state index is -1.45. The van der Waals surface area contributed by atoms with Crippen LogP contribution in [-0.2, 0) is 26.1 Å². The van der Waals surface area contributed by atoms with Crippen LogP contribution >= 0.6 is 11.6 Å². The average Bonchev–Trinajstić information content (AvgIpc) is 3.09. The zero-order valence-electron chi connectivity index (χ0n) is 23.7. The summed E-state index contributed by atoms with van der Waals surface area (Å²) < 4.78 is 11.3. The quantitative estimate of drug-likeness (QED) is 0.351. The Kier molecular flexibility index (Phi) is 7.99. The van der Waals surface area contributed by atoms with Gasteiger partial charge in [-0.2, -0.15) is 0 Å². The van der Waals surface area contributed by atoms with Gasteiger partial charge >= 0.3 is 12.2 Å². The van der Waals surface area contributed by atoms with Crippen molar-refractivity contribution in [2.45, 2.75) is 70.6 Å². The molecule has 0 bridgehead atoms. The molecule has 1 heterocycles. The van der Waals surface area contributed by atoms with Crippen LogP contribution in [-0.4, -0.2) is 29.3 Å². The molecular formula is C32H35ClN2O5. The highest BCUT2D eigenvalue weighted by Crippen LogP contribution is 2.51. The molecule has 0 spiro atoms. The molecule has 7 nitrogen and oxygen atoms in total. The van der Waals surface area contributed by atoms with Crippen LogP contribution in [0, 0.1) is 0 Å². The van der Waals surface area contributed by atoms with Gasteiger partial charge in [0.15, 0.2) is 0 Å². The molecule has 2 atom stereocenters. The van der Waals surface area contributed by atoms with Crippen molar-refractivity contribution in [3.8, 4) is 0 Å². The molecule has 3 aromatic carbocycles. The van der Waals surface area contributed by atoms with Gasteiger partial charge in [0.1, 0.15) is 16.6 Å². The molecule has 210 valence electrons. The van der Waals surface area contributed by atoms with Crippen LogP contribution in [0.1, 0.15) is 64.3 Å². The number of hydrogen-bond donors (Lipinski definition) is 1. The van der Waals surface area contributed by atoms with Crippen molar-refractivity contribution in [2.75, 3.05) is 4.90 Å². The molecule has 1 N–H and O–H groups in total. The number of ether oxygens (including phenoxy) is 2. The second kappa shape index (κ2) is 11.0. The Morgan fingerprint density at radius 2 is 1.50 bits per heavy atom. The predicted octanol–water partition coefficient (Wildman–Crippen LogP) is 7.37. The molecule has 1 aliphatic rings. The molecular weight excluding hydrogens is 528 g/mol. The second-order valence-electron chi connectivity index (χ2n) is 11.9. The normalized spacial score (nSPS) is 17.7. The van der Waals surface area contributed by atoms with Gasteiger partial charge in [0.2, 0.25) is 5.91 Å². The molecule has 0 saturated carbocycles. The Balaban J connectivity index is 1.98. The maximum atomic E-state index is 14.8. The smallest absolute Gasteiger partial charge is 0.421 e. The number of amides is 3. The summed E-state index contributed by atoms with van der Waals surface area (Å²) in [6, 6.07) is 22.6. The van der Waals surface area contributed by atoms with E-state index in [2.05, 4.69) is 5.32 Å². The van der Waals surface area contributed by atoms with Crippen molar-refractivity contribution >= 4 is 35.4 Å². The number of fused-ring (bicyclic) bond motifs is 1. The third-order valence-corrected chi connectivity index (χ3v) is 6.68.